The Kier molecular flexibility index (Phi) is 72.6. The van der Waals surface area contributed by atoms with Crippen molar-refractivity contribution in [3.63, 3.8) is 0 Å². The third-order valence-electron chi connectivity index (χ3n) is 14.3. The summed E-state index contributed by atoms with van der Waals surface area (Å²) in [4.78, 5) is 47.4. The van der Waals surface area contributed by atoms with Gasteiger partial charge in [0, 0.05) is 67.4 Å². The molecule has 0 saturated carbocycles. The van der Waals surface area contributed by atoms with E-state index >= 15 is 0 Å². The van der Waals surface area contributed by atoms with Crippen molar-refractivity contribution in [3.05, 3.63) is 50.6 Å². The topological polar surface area (TPSA) is 604 Å². The first-order valence-electron chi connectivity index (χ1n) is 34.2. The number of carbonyl (C=O) groups is 4. The van der Waals surface area contributed by atoms with E-state index in [9.17, 15) is 85.6 Å². The second-order valence-electron chi connectivity index (χ2n) is 23.8. The second kappa shape index (κ2) is 71.0. The van der Waals surface area contributed by atoms with Crippen molar-refractivity contribution in [1.82, 2.24) is 0 Å². The summed E-state index contributed by atoms with van der Waals surface area (Å²) in [6.45, 7) is 11.2. The fourth-order valence-corrected chi connectivity index (χ4v) is 8.94. The van der Waals surface area contributed by atoms with Gasteiger partial charge < -0.3 is 196 Å². The van der Waals surface area contributed by atoms with Crippen molar-refractivity contribution in [2.24, 2.45) is 0 Å². The van der Waals surface area contributed by atoms with E-state index in [1.54, 1.807) is 0 Å². The molecule has 1 fully saturated rings. The lowest BCUT2D eigenvalue weighted by molar-refractivity contribution is -0.920. The summed E-state index contributed by atoms with van der Waals surface area (Å²) < 4.78 is 117. The lowest BCUT2D eigenvalue weighted by Crippen LogP contribution is -3.14. The highest BCUT2D eigenvalue weighted by Crippen LogP contribution is 2.24. The van der Waals surface area contributed by atoms with Crippen LogP contribution in [0.15, 0.2) is 50.6 Å². The van der Waals surface area contributed by atoms with Gasteiger partial charge in [0.05, 0.1) is 150 Å². The van der Waals surface area contributed by atoms with E-state index in [0.717, 1.165) is 34.1 Å². The summed E-state index contributed by atoms with van der Waals surface area (Å²) >= 11 is 0. The highest BCUT2D eigenvalue weighted by Gasteiger charge is 2.40. The van der Waals surface area contributed by atoms with Gasteiger partial charge in [0.15, 0.2) is 19.1 Å². The maximum atomic E-state index is 11.6. The monoisotopic (exact) mass is 1640 g/mol. The molecular weight excluding hydrogens is 1520 g/mol. The molecule has 0 aromatic heterocycles. The highest BCUT2D eigenvalue weighted by molar-refractivity contribution is 7.79. The van der Waals surface area contributed by atoms with Crippen LogP contribution < -0.4 is 39.5 Å². The number of hydrogen-bond donors (Lipinski definition) is 18. The van der Waals surface area contributed by atoms with Gasteiger partial charge in [-0.2, -0.15) is 0 Å². The van der Waals surface area contributed by atoms with Gasteiger partial charge in [-0.3, -0.25) is 8.42 Å². The average Bonchev–Trinajstić information content (AvgIpc) is 0.836. The number of quaternary nitrogens is 3. The van der Waals surface area contributed by atoms with E-state index in [1.807, 2.05) is 0 Å². The van der Waals surface area contributed by atoms with Gasteiger partial charge in [-0.1, -0.05) is 26.3 Å². The third-order valence-corrected chi connectivity index (χ3v) is 14.3. The highest BCUT2D eigenvalue weighted by atomic mass is 35.5. The lowest BCUT2D eigenvalue weighted by Gasteiger charge is -2.38. The van der Waals surface area contributed by atoms with Crippen LogP contribution in [0.5, 0.6) is 0 Å². The molecule has 0 bridgehead atoms. The molecule has 1 aliphatic heterocycles. The van der Waals surface area contributed by atoms with Crippen LogP contribution in [0.3, 0.4) is 0 Å². The first kappa shape index (κ1) is 110. The van der Waals surface area contributed by atoms with E-state index < -0.39 is 140 Å². The molecule has 640 valence electrons. The van der Waals surface area contributed by atoms with Crippen molar-refractivity contribution < 1.29 is 224 Å². The third kappa shape index (κ3) is 65.7. The molecule has 0 radical (unpaired) electrons. The smallest absolute Gasteiger partial charge is 0.330 e. The van der Waals surface area contributed by atoms with Crippen LogP contribution in [0, 0.1) is 0 Å². The van der Waals surface area contributed by atoms with Crippen LogP contribution in [0.2, 0.25) is 0 Å². The Hall–Kier alpha value is -3.87. The number of esters is 4. The number of aliphatic hydroxyl groups excluding tert-OH is 15. The largest absolute Gasteiger partial charge is 1.00 e. The molecule has 0 spiro atoms. The number of carbonyl (C=O) groups excluding carboxylic acids is 4. The molecular formula is C64H120Cl2N3O38S-. The van der Waals surface area contributed by atoms with Gasteiger partial charge in [-0.05, 0) is 12.8 Å². The molecule has 13 atom stereocenters. The Morgan fingerprint density at radius 3 is 1.29 bits per heavy atom. The van der Waals surface area contributed by atoms with Crippen LogP contribution in [-0.4, -0.2) is 428 Å². The summed E-state index contributed by atoms with van der Waals surface area (Å²) in [6, 6.07) is 0. The quantitative estimate of drug-likeness (QED) is 0.00511. The van der Waals surface area contributed by atoms with Crippen LogP contribution in [0.1, 0.15) is 25.7 Å². The summed E-state index contributed by atoms with van der Waals surface area (Å²) in [5, 5.41) is 150. The number of ether oxygens (including phenoxy) is 15. The molecule has 0 amide bonds. The predicted octanol–water partition coefficient (Wildman–Crippen LogP) is -19.1. The van der Waals surface area contributed by atoms with E-state index in [4.69, 9.17) is 98.8 Å². The van der Waals surface area contributed by atoms with Gasteiger partial charge >= 0.3 is 23.9 Å². The Morgan fingerprint density at radius 2 is 0.833 bits per heavy atom. The lowest BCUT2D eigenvalue weighted by atomic mass is 9.97. The number of hydrogen-bond acceptors (Lipinski definition) is 38. The zero-order valence-electron chi connectivity index (χ0n) is 60.9. The van der Waals surface area contributed by atoms with Crippen LogP contribution in [0.4, 0.5) is 0 Å². The molecule has 0 aromatic carbocycles. The molecule has 0 aliphatic carbocycles. The van der Waals surface area contributed by atoms with Crippen molar-refractivity contribution in [2.75, 3.05) is 231 Å². The van der Waals surface area contributed by atoms with E-state index in [2.05, 4.69) is 26.3 Å². The van der Waals surface area contributed by atoms with Crippen LogP contribution >= 0.6 is 0 Å². The minimum atomic E-state index is -5.17. The zero-order valence-corrected chi connectivity index (χ0v) is 63.2. The van der Waals surface area contributed by atoms with Gasteiger partial charge in [-0.15, -0.1) is 0 Å². The zero-order chi connectivity index (χ0) is 80.0. The Morgan fingerprint density at radius 1 is 0.454 bits per heavy atom. The predicted molar refractivity (Wildman–Crippen MR) is 361 cm³/mol. The summed E-state index contributed by atoms with van der Waals surface area (Å²) in [5.74, 6) is -2.80. The molecule has 1 heterocycles. The molecule has 41 nitrogen and oxygen atoms in total. The summed E-state index contributed by atoms with van der Waals surface area (Å²) in [7, 11) is -5.17. The summed E-state index contributed by atoms with van der Waals surface area (Å²) in [5.41, 5.74) is -1.61. The van der Waals surface area contributed by atoms with Crippen LogP contribution in [0.25, 0.3) is 0 Å². The fourth-order valence-electron chi connectivity index (χ4n) is 8.94. The van der Waals surface area contributed by atoms with Crippen molar-refractivity contribution in [1.29, 1.82) is 0 Å². The van der Waals surface area contributed by atoms with Crippen molar-refractivity contribution >= 4 is 34.3 Å². The van der Waals surface area contributed by atoms with Crippen LogP contribution in [-0.2, 0) is 101 Å². The molecule has 1 saturated heterocycles. The van der Waals surface area contributed by atoms with E-state index in [1.165, 1.54) is 0 Å². The number of aliphatic hydroxyl groups is 15. The summed E-state index contributed by atoms with van der Waals surface area (Å²) in [6.07, 6.45) is -8.54. The molecule has 13 unspecified atom stereocenters. The Labute approximate surface area is 641 Å². The number of rotatable bonds is 63. The van der Waals surface area contributed by atoms with Crippen molar-refractivity contribution in [3.8, 4) is 0 Å². The van der Waals surface area contributed by atoms with Crippen molar-refractivity contribution in [2.45, 2.75) is 105 Å². The van der Waals surface area contributed by atoms with Gasteiger partial charge in [0.1, 0.15) is 121 Å². The van der Waals surface area contributed by atoms with E-state index in [0.29, 0.717) is 37.5 Å². The van der Waals surface area contributed by atoms with Gasteiger partial charge in [0.25, 0.3) is 0 Å². The number of nitrogens with one attached hydrogen (secondary N) is 3. The maximum Gasteiger partial charge on any atom is 0.330 e. The SMILES string of the molecule is C=CC(=O)OCC(O)CCOCC(COCCC(O)COC[NH+](CCO)CCO)OCCC(O)COC(=O)C=C.C=CC(=O)OCC(O)COC(COCC(O)C[NH+](CCO)CCO)COCC(O)CC1(OCC(O)COC(=O)C=C)COCC(O)COC(C(O)C[NH+](CCO)CCO)OC1.O=S(=O)([O-])[O-].[Cl-].[Cl-]. The standard InChI is InChI=1S/C38H70N2O21.C26H47NO13.2ClH.H2O4S/c1-3-35(51)57-20-31(48)19-56-33(25-54-17-29(46)14-39(5-9-41)6-10-42)24-53-16-28(45)13-38(61-23-32(49)21-58-36(52)4-2)26-55-18-30(47)22-59-37(60-27-38)34(50)15-40(7-11-43)8-12-44;1-3-25(33)39-16-22(31)6-13-36-19-24(38-14-7-23(32)17-40-26(34)4-2)18-35-12-5-21(30)15-37-20-27(8-10-28)9-11-29;;;1-5(2,3)4/h3-4,28-34,37,41-50H,1-2,5-27H2;3-4,21-24,28-32H,1-2,5-20H2;2*1H;(H2,1,2,3,4)/p-1. The molecule has 18 N–H and O–H groups in total. The fraction of sp³-hybridized carbons (Fsp3) is 0.812. The molecule has 44 heteroatoms. The number of halogens is 2. The van der Waals surface area contributed by atoms with Gasteiger partial charge in [-0.25, -0.2) is 19.2 Å². The Balaban J connectivity index is -0.000000993. The first-order chi connectivity index (χ1) is 50.5. The molecule has 1 aliphatic rings. The molecule has 0 aromatic rings. The first-order valence-corrected chi connectivity index (χ1v) is 35.5. The molecule has 1 rings (SSSR count). The molecule has 108 heavy (non-hydrogen) atoms. The van der Waals surface area contributed by atoms with E-state index in [-0.39, 0.29) is 222 Å². The average molecular weight is 1640 g/mol. The second-order valence-corrected chi connectivity index (χ2v) is 24.6. The van der Waals surface area contributed by atoms with Gasteiger partial charge in [0.2, 0.25) is 0 Å². The maximum absolute atomic E-state index is 11.6. The Bertz CT molecular complexity index is 2340. The minimum absolute atomic E-state index is 0. The minimum Gasteiger partial charge on any atom is -1.00 e. The normalized spacial score (nSPS) is 18.2.